The molecule has 1 aromatic rings. The number of ether oxygens (including phenoxy) is 1. The lowest BCUT2D eigenvalue weighted by Crippen LogP contribution is -2.17. The van der Waals surface area contributed by atoms with E-state index in [-0.39, 0.29) is 0 Å². The van der Waals surface area contributed by atoms with Gasteiger partial charge in [-0.15, -0.1) is 11.3 Å². The highest BCUT2D eigenvalue weighted by Gasteiger charge is 2.30. The second-order valence-electron chi connectivity index (χ2n) is 3.73. The second-order valence-corrected chi connectivity index (χ2v) is 4.81. The Balaban J connectivity index is 2.24. The molecule has 7 heteroatoms. The average Bonchev–Trinajstić information content (AvgIpc) is 2.70. The zero-order valence-electron chi connectivity index (χ0n) is 9.23. The molecule has 17 heavy (non-hydrogen) atoms. The number of aryl methyl sites for hydroxylation is 1. The van der Waals surface area contributed by atoms with Gasteiger partial charge in [0, 0.05) is 4.88 Å². The number of nitrogens with zero attached hydrogens (tertiary/aromatic N) is 1. The molecule has 0 saturated heterocycles. The van der Waals surface area contributed by atoms with Gasteiger partial charge in [-0.2, -0.15) is 0 Å². The van der Waals surface area contributed by atoms with Crippen LogP contribution in [0.1, 0.15) is 29.3 Å². The molecule has 1 aliphatic carbocycles. The number of carboxylic acids is 1. The van der Waals surface area contributed by atoms with Crippen molar-refractivity contribution in [3.05, 3.63) is 10.6 Å². The molecule has 2 N–H and O–H groups in total. The highest BCUT2D eigenvalue weighted by molar-refractivity contribution is 7.15. The van der Waals surface area contributed by atoms with Crippen LogP contribution in [0.25, 0.3) is 0 Å². The summed E-state index contributed by atoms with van der Waals surface area (Å²) in [5.41, 5.74) is 0.583. The summed E-state index contributed by atoms with van der Waals surface area (Å²) in [4.78, 5) is 27.2. The maximum absolute atomic E-state index is 11.1. The van der Waals surface area contributed by atoms with Crippen LogP contribution >= 0.6 is 11.3 Å². The van der Waals surface area contributed by atoms with Crippen molar-refractivity contribution in [3.63, 3.8) is 0 Å². The van der Waals surface area contributed by atoms with Gasteiger partial charge in [0.2, 0.25) is 0 Å². The van der Waals surface area contributed by atoms with E-state index in [1.54, 1.807) is 0 Å². The Morgan fingerprint density at radius 2 is 2.35 bits per heavy atom. The second kappa shape index (κ2) is 4.70. The summed E-state index contributed by atoms with van der Waals surface area (Å²) in [6.45, 7) is 0. The maximum atomic E-state index is 11.1. The summed E-state index contributed by atoms with van der Waals surface area (Å²) in [6.07, 6.45) is 1.66. The Bertz CT molecular complexity index is 457. The highest BCUT2D eigenvalue weighted by Crippen LogP contribution is 2.36. The van der Waals surface area contributed by atoms with E-state index in [0.717, 1.165) is 17.7 Å². The first-order valence-corrected chi connectivity index (χ1v) is 6.01. The fourth-order valence-corrected chi connectivity index (χ4v) is 2.90. The highest BCUT2D eigenvalue weighted by atomic mass is 32.1. The smallest absolute Gasteiger partial charge is 0.413 e. The third-order valence-corrected chi connectivity index (χ3v) is 3.69. The third-order valence-electron chi connectivity index (χ3n) is 2.65. The van der Waals surface area contributed by atoms with Crippen LogP contribution in [-0.4, -0.2) is 29.3 Å². The third kappa shape index (κ3) is 2.38. The molecule has 0 bridgehead atoms. The van der Waals surface area contributed by atoms with Gasteiger partial charge in [0.25, 0.3) is 0 Å². The van der Waals surface area contributed by atoms with Gasteiger partial charge in [-0.05, 0) is 19.3 Å². The lowest BCUT2D eigenvalue weighted by atomic mass is 9.91. The number of carbonyl (C=O) groups is 2. The van der Waals surface area contributed by atoms with Crippen molar-refractivity contribution in [2.24, 2.45) is 0 Å². The summed E-state index contributed by atoms with van der Waals surface area (Å²) in [5.74, 6) is -1.41. The topological polar surface area (TPSA) is 88.5 Å². The van der Waals surface area contributed by atoms with Crippen LogP contribution in [0.15, 0.2) is 0 Å². The molecule has 1 amide bonds. The molecule has 0 radical (unpaired) electrons. The van der Waals surface area contributed by atoms with Crippen molar-refractivity contribution in [1.29, 1.82) is 0 Å². The van der Waals surface area contributed by atoms with E-state index in [2.05, 4.69) is 15.0 Å². The average molecular weight is 256 g/mol. The molecule has 2 rings (SSSR count). The van der Waals surface area contributed by atoms with Crippen molar-refractivity contribution in [3.8, 4) is 0 Å². The van der Waals surface area contributed by atoms with Crippen molar-refractivity contribution >= 4 is 28.5 Å². The van der Waals surface area contributed by atoms with E-state index in [0.29, 0.717) is 17.2 Å². The normalized spacial score (nSPS) is 18.3. The Hall–Kier alpha value is -1.63. The largest absolute Gasteiger partial charge is 0.481 e. The van der Waals surface area contributed by atoms with E-state index in [1.807, 2.05) is 0 Å². The number of rotatable bonds is 2. The molecule has 1 heterocycles. The fourth-order valence-electron chi connectivity index (χ4n) is 1.85. The first-order valence-electron chi connectivity index (χ1n) is 5.19. The van der Waals surface area contributed by atoms with Gasteiger partial charge in [-0.25, -0.2) is 9.78 Å². The van der Waals surface area contributed by atoms with Gasteiger partial charge in [0.05, 0.1) is 12.8 Å². The molecule has 0 fully saturated rings. The number of aromatic nitrogens is 1. The molecular weight excluding hydrogens is 244 g/mol. The number of hydrogen-bond acceptors (Lipinski definition) is 5. The Morgan fingerprint density at radius 3 is 3.00 bits per heavy atom. The molecule has 1 aliphatic rings. The quantitative estimate of drug-likeness (QED) is 0.842. The summed E-state index contributed by atoms with van der Waals surface area (Å²) in [6, 6.07) is 0. The maximum Gasteiger partial charge on any atom is 0.413 e. The number of fused-ring (bicyclic) bond motifs is 1. The first-order chi connectivity index (χ1) is 8.11. The van der Waals surface area contributed by atoms with Crippen LogP contribution in [0.3, 0.4) is 0 Å². The standard InChI is InChI=1S/C10H12N2O4S/c1-16-10(15)12-9-11-7-5(8(13)14)3-2-4-6(7)17-9/h5H,2-4H2,1H3,(H,13,14)(H,11,12,15)/t5-/m0/s1. The zero-order valence-corrected chi connectivity index (χ0v) is 10.0. The van der Waals surface area contributed by atoms with E-state index < -0.39 is 18.0 Å². The van der Waals surface area contributed by atoms with E-state index in [9.17, 15) is 9.59 Å². The molecule has 0 aliphatic heterocycles. The number of nitrogens with one attached hydrogen (secondary N) is 1. The number of methoxy groups -OCH3 is 1. The van der Waals surface area contributed by atoms with Gasteiger partial charge in [-0.3, -0.25) is 10.1 Å². The minimum Gasteiger partial charge on any atom is -0.481 e. The van der Waals surface area contributed by atoms with E-state index in [1.165, 1.54) is 18.4 Å². The summed E-state index contributed by atoms with van der Waals surface area (Å²) in [5, 5.41) is 11.9. The molecule has 0 spiro atoms. The minimum atomic E-state index is -0.860. The van der Waals surface area contributed by atoms with Gasteiger partial charge >= 0.3 is 12.1 Å². The van der Waals surface area contributed by atoms with E-state index in [4.69, 9.17) is 5.11 Å². The Morgan fingerprint density at radius 1 is 1.59 bits per heavy atom. The van der Waals surface area contributed by atoms with Crippen molar-refractivity contribution in [2.45, 2.75) is 25.2 Å². The molecule has 0 aromatic carbocycles. The summed E-state index contributed by atoms with van der Waals surface area (Å²) >= 11 is 1.31. The summed E-state index contributed by atoms with van der Waals surface area (Å²) < 4.78 is 4.46. The fraction of sp³-hybridized carbons (Fsp3) is 0.500. The number of aliphatic carboxylic acids is 1. The monoisotopic (exact) mass is 256 g/mol. The van der Waals surface area contributed by atoms with Crippen molar-refractivity contribution in [2.75, 3.05) is 12.4 Å². The summed E-state index contributed by atoms with van der Waals surface area (Å²) in [7, 11) is 1.27. The zero-order chi connectivity index (χ0) is 12.4. The van der Waals surface area contributed by atoms with Crippen LogP contribution in [0, 0.1) is 0 Å². The van der Waals surface area contributed by atoms with Crippen LogP contribution in [-0.2, 0) is 16.0 Å². The number of amides is 1. The number of carbonyl (C=O) groups excluding carboxylic acids is 1. The van der Waals surface area contributed by atoms with Crippen LogP contribution in [0.5, 0.6) is 0 Å². The molecule has 0 saturated carbocycles. The van der Waals surface area contributed by atoms with Gasteiger partial charge in [0.1, 0.15) is 5.92 Å². The lowest BCUT2D eigenvalue weighted by Gasteiger charge is -2.16. The molecule has 0 unspecified atom stereocenters. The SMILES string of the molecule is COC(=O)Nc1nc2c(s1)CCC[C@@H]2C(=O)O. The number of thiazole rings is 1. The number of carboxylic acid groups (broad SMARTS) is 1. The van der Waals surface area contributed by atoms with Gasteiger partial charge in [-0.1, -0.05) is 0 Å². The molecule has 1 atom stereocenters. The number of hydrogen-bond donors (Lipinski definition) is 2. The minimum absolute atomic E-state index is 0.398. The predicted octanol–water partition coefficient (Wildman–Crippen LogP) is 1.83. The lowest BCUT2D eigenvalue weighted by molar-refractivity contribution is -0.139. The van der Waals surface area contributed by atoms with Crippen LogP contribution < -0.4 is 5.32 Å². The van der Waals surface area contributed by atoms with E-state index >= 15 is 0 Å². The molecule has 1 aromatic heterocycles. The number of anilines is 1. The van der Waals surface area contributed by atoms with Crippen LogP contribution in [0.4, 0.5) is 9.93 Å². The molecule has 6 nitrogen and oxygen atoms in total. The molecular formula is C10H12N2O4S. The van der Waals surface area contributed by atoms with Gasteiger partial charge in [0.15, 0.2) is 5.13 Å². The van der Waals surface area contributed by atoms with Crippen molar-refractivity contribution in [1.82, 2.24) is 4.98 Å². The van der Waals surface area contributed by atoms with Gasteiger partial charge < -0.3 is 9.84 Å². The molecule has 92 valence electrons. The Labute approximate surface area is 102 Å². The predicted molar refractivity (Wildman–Crippen MR) is 61.5 cm³/mol. The van der Waals surface area contributed by atoms with Crippen LogP contribution in [0.2, 0.25) is 0 Å². The first kappa shape index (κ1) is 11.8. The van der Waals surface area contributed by atoms with Crippen molar-refractivity contribution < 1.29 is 19.4 Å². The Kier molecular flexibility index (Phi) is 3.28.